The highest BCUT2D eigenvalue weighted by atomic mass is 19.4. The molecule has 1 aromatic carbocycles. The van der Waals surface area contributed by atoms with E-state index in [0.29, 0.717) is 0 Å². The minimum atomic E-state index is -5.09. The number of nitrogens with one attached hydrogen (secondary N) is 1. The molecule has 1 N–H and O–H groups in total. The number of rotatable bonds is 5. The van der Waals surface area contributed by atoms with Crippen molar-refractivity contribution in [3.63, 3.8) is 0 Å². The summed E-state index contributed by atoms with van der Waals surface area (Å²) in [4.78, 5) is 21.8. The Hall–Kier alpha value is -3.84. The number of furan rings is 1. The third-order valence-electron chi connectivity index (χ3n) is 3.85. The summed E-state index contributed by atoms with van der Waals surface area (Å²) in [7, 11) is 0. The van der Waals surface area contributed by atoms with Crippen LogP contribution in [0, 0.1) is 10.1 Å². The van der Waals surface area contributed by atoms with Crippen LogP contribution in [0.1, 0.15) is 17.1 Å². The molecule has 3 rings (SSSR count). The van der Waals surface area contributed by atoms with Crippen LogP contribution in [0.5, 0.6) is 0 Å². The van der Waals surface area contributed by atoms with Gasteiger partial charge in [-0.25, -0.2) is 4.68 Å². The number of carbonyl (C=O) groups is 1. The molecule has 31 heavy (non-hydrogen) atoms. The van der Waals surface area contributed by atoms with E-state index in [4.69, 9.17) is 4.42 Å². The van der Waals surface area contributed by atoms with Crippen LogP contribution in [0.2, 0.25) is 0 Å². The Balaban J connectivity index is 1.77. The minimum Gasteiger partial charge on any atom is -0.405 e. The summed E-state index contributed by atoms with van der Waals surface area (Å²) in [6.07, 6.45) is -10.5. The van der Waals surface area contributed by atoms with Crippen molar-refractivity contribution in [2.75, 3.05) is 5.32 Å². The molecule has 164 valence electrons. The Bertz CT molecular complexity index is 1120. The van der Waals surface area contributed by atoms with E-state index in [1.165, 1.54) is 6.07 Å². The van der Waals surface area contributed by atoms with Crippen LogP contribution in [0.25, 0.3) is 5.69 Å². The van der Waals surface area contributed by atoms with Gasteiger partial charge in [-0.3, -0.25) is 14.9 Å². The standard InChI is InChI=1S/C17H10F6N4O4/c18-16(19,20)12-8-13(17(21,22)23)26(25-12)10-3-1-9(2-4-10)24-14(28)7-11-5-6-15(31-11)27(29)30/h1-6,8H,7H2,(H,24,28). The van der Waals surface area contributed by atoms with Gasteiger partial charge in [-0.15, -0.1) is 0 Å². The number of halogens is 6. The van der Waals surface area contributed by atoms with Crippen LogP contribution >= 0.6 is 0 Å². The fourth-order valence-electron chi connectivity index (χ4n) is 2.53. The molecule has 0 bridgehead atoms. The van der Waals surface area contributed by atoms with Crippen molar-refractivity contribution < 1.29 is 40.5 Å². The highest BCUT2D eigenvalue weighted by molar-refractivity contribution is 5.92. The first-order chi connectivity index (χ1) is 14.3. The topological polar surface area (TPSA) is 103 Å². The van der Waals surface area contributed by atoms with E-state index in [1.54, 1.807) is 0 Å². The number of amides is 1. The molecule has 3 aromatic rings. The lowest BCUT2D eigenvalue weighted by molar-refractivity contribution is -0.402. The number of aromatic nitrogens is 2. The summed E-state index contributed by atoms with van der Waals surface area (Å²) in [5, 5.41) is 15.9. The number of benzene rings is 1. The molecule has 1 amide bonds. The van der Waals surface area contributed by atoms with Crippen molar-refractivity contribution in [3.8, 4) is 5.69 Å². The minimum absolute atomic E-state index is 0.00635. The second kappa shape index (κ2) is 7.77. The fraction of sp³-hybridized carbons (Fsp3) is 0.176. The molecule has 0 saturated carbocycles. The molecule has 0 unspecified atom stereocenters. The predicted molar refractivity (Wildman–Crippen MR) is 91.3 cm³/mol. The predicted octanol–water partition coefficient (Wildman–Crippen LogP) is 4.59. The highest BCUT2D eigenvalue weighted by Gasteiger charge is 2.42. The zero-order chi connectivity index (χ0) is 23.0. The van der Waals surface area contributed by atoms with Gasteiger partial charge >= 0.3 is 18.2 Å². The van der Waals surface area contributed by atoms with Crippen LogP contribution in [0.3, 0.4) is 0 Å². The molecule has 0 spiro atoms. The zero-order valence-electron chi connectivity index (χ0n) is 15.0. The van der Waals surface area contributed by atoms with Gasteiger partial charge in [0, 0.05) is 11.8 Å². The molecule has 8 nitrogen and oxygen atoms in total. The molecule has 0 aliphatic carbocycles. The van der Waals surface area contributed by atoms with E-state index in [1.807, 2.05) is 0 Å². The van der Waals surface area contributed by atoms with E-state index in [-0.39, 0.29) is 34.3 Å². The number of nitro groups is 1. The van der Waals surface area contributed by atoms with Crippen LogP contribution in [-0.4, -0.2) is 20.6 Å². The molecule has 0 saturated heterocycles. The van der Waals surface area contributed by atoms with Crippen molar-refractivity contribution in [1.82, 2.24) is 9.78 Å². The zero-order valence-corrected chi connectivity index (χ0v) is 15.0. The number of hydrogen-bond donors (Lipinski definition) is 1. The molecule has 14 heteroatoms. The second-order valence-corrected chi connectivity index (χ2v) is 6.09. The Labute approximate surface area is 168 Å². The lowest BCUT2D eigenvalue weighted by Gasteiger charge is -2.11. The van der Waals surface area contributed by atoms with Crippen LogP contribution in [0.4, 0.5) is 37.9 Å². The summed E-state index contributed by atoms with van der Waals surface area (Å²) in [6, 6.07) is 6.59. The fourth-order valence-corrected chi connectivity index (χ4v) is 2.53. The van der Waals surface area contributed by atoms with Crippen LogP contribution in [0.15, 0.2) is 46.9 Å². The summed E-state index contributed by atoms with van der Waals surface area (Å²) in [6.45, 7) is 0. The van der Waals surface area contributed by atoms with Gasteiger partial charge in [0.15, 0.2) is 5.69 Å². The summed E-state index contributed by atoms with van der Waals surface area (Å²) < 4.78 is 82.6. The Morgan fingerprint density at radius 3 is 2.23 bits per heavy atom. The monoisotopic (exact) mass is 448 g/mol. The Morgan fingerprint density at radius 2 is 1.71 bits per heavy atom. The molecule has 0 fully saturated rings. The Kier molecular flexibility index (Phi) is 5.48. The quantitative estimate of drug-likeness (QED) is 0.349. The Morgan fingerprint density at radius 1 is 1.06 bits per heavy atom. The maximum Gasteiger partial charge on any atom is 0.435 e. The number of alkyl halides is 6. The van der Waals surface area contributed by atoms with Gasteiger partial charge in [0.1, 0.15) is 16.4 Å². The SMILES string of the molecule is O=C(Cc1ccc([N+](=O)[O-])o1)Nc1ccc(-n2nc(C(F)(F)F)cc2C(F)(F)F)cc1. The van der Waals surface area contributed by atoms with E-state index in [9.17, 15) is 41.3 Å². The third kappa shape index (κ3) is 5.02. The average molecular weight is 448 g/mol. The smallest absolute Gasteiger partial charge is 0.405 e. The molecule has 2 heterocycles. The first-order valence-electron chi connectivity index (χ1n) is 8.22. The number of carbonyl (C=O) groups excluding carboxylic acids is 1. The first-order valence-corrected chi connectivity index (χ1v) is 8.22. The number of nitrogens with zero attached hydrogens (tertiary/aromatic N) is 3. The maximum atomic E-state index is 13.1. The van der Waals surface area contributed by atoms with Gasteiger partial charge in [0.05, 0.1) is 18.2 Å². The van der Waals surface area contributed by atoms with Crippen LogP contribution in [-0.2, 0) is 23.6 Å². The van der Waals surface area contributed by atoms with E-state index in [2.05, 4.69) is 10.4 Å². The number of anilines is 1. The van der Waals surface area contributed by atoms with Crippen molar-refractivity contribution in [2.45, 2.75) is 18.8 Å². The molecular formula is C17H10F6N4O4. The lowest BCUT2D eigenvalue weighted by atomic mass is 10.2. The van der Waals surface area contributed by atoms with Crippen molar-refractivity contribution in [1.29, 1.82) is 0 Å². The maximum absolute atomic E-state index is 13.1. The summed E-state index contributed by atoms with van der Waals surface area (Å²) in [5.41, 5.74) is -3.52. The largest absolute Gasteiger partial charge is 0.435 e. The summed E-state index contributed by atoms with van der Waals surface area (Å²) in [5.74, 6) is -1.19. The van der Waals surface area contributed by atoms with E-state index in [0.717, 1.165) is 30.3 Å². The molecule has 0 radical (unpaired) electrons. The first kappa shape index (κ1) is 21.9. The van der Waals surface area contributed by atoms with Gasteiger partial charge in [-0.2, -0.15) is 31.4 Å². The van der Waals surface area contributed by atoms with Crippen molar-refractivity contribution in [3.05, 3.63) is 69.7 Å². The third-order valence-corrected chi connectivity index (χ3v) is 3.85. The molecule has 0 aliphatic rings. The average Bonchev–Trinajstić information content (AvgIpc) is 3.29. The molecule has 0 aliphatic heterocycles. The molecular weight excluding hydrogens is 438 g/mol. The van der Waals surface area contributed by atoms with Crippen LogP contribution < -0.4 is 5.32 Å². The van der Waals surface area contributed by atoms with E-state index < -0.39 is 40.5 Å². The number of hydrogen-bond acceptors (Lipinski definition) is 5. The van der Waals surface area contributed by atoms with E-state index >= 15 is 0 Å². The molecule has 2 aromatic heterocycles. The van der Waals surface area contributed by atoms with Gasteiger partial charge in [0.2, 0.25) is 5.91 Å². The van der Waals surface area contributed by atoms with Gasteiger partial charge in [0.25, 0.3) is 0 Å². The van der Waals surface area contributed by atoms with Gasteiger partial charge in [-0.1, -0.05) is 0 Å². The van der Waals surface area contributed by atoms with Gasteiger partial charge in [-0.05, 0) is 30.3 Å². The lowest BCUT2D eigenvalue weighted by Crippen LogP contribution is -2.15. The second-order valence-electron chi connectivity index (χ2n) is 6.09. The molecule has 0 atom stereocenters. The normalized spacial score (nSPS) is 12.1. The van der Waals surface area contributed by atoms with Crippen molar-refractivity contribution in [2.24, 2.45) is 0 Å². The highest BCUT2D eigenvalue weighted by Crippen LogP contribution is 2.36. The van der Waals surface area contributed by atoms with Gasteiger partial charge < -0.3 is 9.73 Å². The van der Waals surface area contributed by atoms with Crippen molar-refractivity contribution >= 4 is 17.5 Å². The summed E-state index contributed by atoms with van der Waals surface area (Å²) >= 11 is 0.